The summed E-state index contributed by atoms with van der Waals surface area (Å²) in [5.41, 5.74) is -0.676. The number of halogens is 2. The molecule has 1 aromatic rings. The molecule has 1 unspecified atom stereocenters. The van der Waals surface area contributed by atoms with Crippen LogP contribution in [0.1, 0.15) is 31.7 Å². The molecule has 1 amide bonds. The maximum Gasteiger partial charge on any atom is 0.411 e. The van der Waals surface area contributed by atoms with Crippen molar-refractivity contribution in [2.75, 3.05) is 7.05 Å². The Balaban J connectivity index is 3.02. The van der Waals surface area contributed by atoms with E-state index in [1.807, 2.05) is 0 Å². The van der Waals surface area contributed by atoms with E-state index in [1.165, 1.54) is 18.4 Å². The highest BCUT2D eigenvalue weighted by Crippen LogP contribution is 2.37. The second-order valence-electron chi connectivity index (χ2n) is 5.10. The number of carboxylic acid groups (broad SMARTS) is 1. The summed E-state index contributed by atoms with van der Waals surface area (Å²) in [6.45, 7) is 5.19. The maximum atomic E-state index is 12.0. The molecule has 8 heteroatoms. The quantitative estimate of drug-likeness (QED) is 0.780. The van der Waals surface area contributed by atoms with Crippen LogP contribution >= 0.6 is 43.2 Å². The third-order valence-corrected chi connectivity index (χ3v) is 5.55. The lowest BCUT2D eigenvalue weighted by Gasteiger charge is -2.28. The second kappa shape index (κ2) is 6.44. The summed E-state index contributed by atoms with van der Waals surface area (Å²) in [6, 6.07) is 0.589. The first-order valence-corrected chi connectivity index (χ1v) is 8.06. The molecule has 20 heavy (non-hydrogen) atoms. The minimum atomic E-state index is -1.11. The highest BCUT2D eigenvalue weighted by Gasteiger charge is 2.33. The van der Waals surface area contributed by atoms with Gasteiger partial charge in [-0.2, -0.15) is 0 Å². The number of hydrogen-bond acceptors (Lipinski definition) is 4. The molecule has 5 nitrogen and oxygen atoms in total. The molecule has 0 aliphatic rings. The van der Waals surface area contributed by atoms with Crippen LogP contribution in [0.4, 0.5) is 4.79 Å². The van der Waals surface area contributed by atoms with Gasteiger partial charge in [0.05, 0.1) is 3.79 Å². The summed E-state index contributed by atoms with van der Waals surface area (Å²) in [6.07, 6.45) is -0.675. The van der Waals surface area contributed by atoms with Gasteiger partial charge in [-0.25, -0.2) is 9.59 Å². The Morgan fingerprint density at radius 1 is 1.40 bits per heavy atom. The summed E-state index contributed by atoms with van der Waals surface area (Å²) in [7, 11) is 1.41. The predicted octanol–water partition coefficient (Wildman–Crippen LogP) is 4.27. The van der Waals surface area contributed by atoms with Gasteiger partial charge in [-0.1, -0.05) is 0 Å². The van der Waals surface area contributed by atoms with E-state index in [0.29, 0.717) is 4.88 Å². The average molecular weight is 429 g/mol. The molecule has 0 saturated heterocycles. The number of aliphatic carboxylic acids is 1. The molecular formula is C12H15Br2NO4S. The lowest BCUT2D eigenvalue weighted by molar-refractivity contribution is -0.142. The van der Waals surface area contributed by atoms with Crippen molar-refractivity contribution < 1.29 is 19.4 Å². The Bertz CT molecular complexity index is 505. The summed E-state index contributed by atoms with van der Waals surface area (Å²) in [5, 5.41) is 9.37. The van der Waals surface area contributed by atoms with Crippen molar-refractivity contribution in [3.63, 3.8) is 0 Å². The number of carbonyl (C=O) groups is 2. The summed E-state index contributed by atoms with van der Waals surface area (Å²) in [4.78, 5) is 25.1. The first-order valence-electron chi connectivity index (χ1n) is 5.66. The number of carbonyl (C=O) groups excluding carboxylic acids is 1. The van der Waals surface area contributed by atoms with E-state index < -0.39 is 23.7 Å². The minimum Gasteiger partial charge on any atom is -0.479 e. The van der Waals surface area contributed by atoms with Gasteiger partial charge in [-0.3, -0.25) is 4.90 Å². The molecule has 0 aliphatic heterocycles. The number of ether oxygens (including phenoxy) is 1. The van der Waals surface area contributed by atoms with E-state index in [4.69, 9.17) is 4.74 Å². The Morgan fingerprint density at radius 2 is 1.95 bits per heavy atom. The van der Waals surface area contributed by atoms with Crippen LogP contribution in [0.3, 0.4) is 0 Å². The molecule has 1 atom stereocenters. The van der Waals surface area contributed by atoms with E-state index in [2.05, 4.69) is 31.9 Å². The van der Waals surface area contributed by atoms with Crippen molar-refractivity contribution >= 4 is 55.3 Å². The van der Waals surface area contributed by atoms with E-state index in [9.17, 15) is 14.7 Å². The molecule has 0 radical (unpaired) electrons. The molecule has 0 bridgehead atoms. The molecule has 0 fully saturated rings. The molecule has 1 rings (SSSR count). The SMILES string of the molecule is CN(C(=O)OC(C)(C)C)C(C(=O)O)c1cc(Br)c(Br)s1. The summed E-state index contributed by atoms with van der Waals surface area (Å²) < 4.78 is 6.72. The van der Waals surface area contributed by atoms with Gasteiger partial charge in [-0.05, 0) is 58.7 Å². The number of carboxylic acids is 1. The maximum absolute atomic E-state index is 12.0. The second-order valence-corrected chi connectivity index (χ2v) is 8.36. The Morgan fingerprint density at radius 3 is 2.30 bits per heavy atom. The van der Waals surface area contributed by atoms with Crippen LogP contribution < -0.4 is 0 Å². The fourth-order valence-corrected chi connectivity index (χ4v) is 3.64. The number of nitrogens with zero attached hydrogens (tertiary/aromatic N) is 1. The average Bonchev–Trinajstić information content (AvgIpc) is 2.55. The molecule has 0 aliphatic carbocycles. The van der Waals surface area contributed by atoms with Gasteiger partial charge in [-0.15, -0.1) is 11.3 Å². The zero-order valence-electron chi connectivity index (χ0n) is 11.4. The third-order valence-electron chi connectivity index (χ3n) is 2.24. The highest BCUT2D eigenvalue weighted by atomic mass is 79.9. The van der Waals surface area contributed by atoms with Crippen LogP contribution in [0.5, 0.6) is 0 Å². The van der Waals surface area contributed by atoms with Gasteiger partial charge in [0.2, 0.25) is 0 Å². The monoisotopic (exact) mass is 427 g/mol. The van der Waals surface area contributed by atoms with Crippen molar-refractivity contribution in [1.82, 2.24) is 4.90 Å². The smallest absolute Gasteiger partial charge is 0.411 e. The molecule has 0 spiro atoms. The van der Waals surface area contributed by atoms with E-state index in [1.54, 1.807) is 26.8 Å². The van der Waals surface area contributed by atoms with Gasteiger partial charge >= 0.3 is 12.1 Å². The zero-order chi connectivity index (χ0) is 15.7. The fraction of sp³-hybridized carbons (Fsp3) is 0.500. The summed E-state index contributed by atoms with van der Waals surface area (Å²) >= 11 is 7.87. The van der Waals surface area contributed by atoms with Gasteiger partial charge in [0.15, 0.2) is 6.04 Å². The number of hydrogen-bond donors (Lipinski definition) is 1. The van der Waals surface area contributed by atoms with Crippen molar-refractivity contribution in [2.24, 2.45) is 0 Å². The van der Waals surface area contributed by atoms with Gasteiger partial charge in [0.25, 0.3) is 0 Å². The molecule has 1 heterocycles. The Hall–Kier alpha value is -0.600. The van der Waals surface area contributed by atoms with E-state index in [0.717, 1.165) is 13.2 Å². The minimum absolute atomic E-state index is 0.532. The van der Waals surface area contributed by atoms with Crippen molar-refractivity contribution in [1.29, 1.82) is 0 Å². The Kier molecular flexibility index (Phi) is 5.62. The topological polar surface area (TPSA) is 66.8 Å². The van der Waals surface area contributed by atoms with Gasteiger partial charge < -0.3 is 9.84 Å². The normalized spacial score (nSPS) is 12.9. The zero-order valence-corrected chi connectivity index (χ0v) is 15.4. The first kappa shape index (κ1) is 17.5. The number of amides is 1. The van der Waals surface area contributed by atoms with Crippen LogP contribution in [0.2, 0.25) is 0 Å². The lowest BCUT2D eigenvalue weighted by Crippen LogP contribution is -2.39. The number of likely N-dealkylation sites (N-methyl/N-ethyl adjacent to an activating group) is 1. The van der Waals surface area contributed by atoms with Gasteiger partial charge in [0.1, 0.15) is 5.60 Å². The van der Waals surface area contributed by atoms with E-state index >= 15 is 0 Å². The van der Waals surface area contributed by atoms with Crippen LogP contribution in [-0.4, -0.2) is 34.7 Å². The Labute approximate surface area is 138 Å². The highest BCUT2D eigenvalue weighted by molar-refractivity contribution is 9.13. The standard InChI is InChI=1S/C12H15Br2NO4S/c1-12(2,3)19-11(18)15(4)8(10(16)17)7-5-6(13)9(14)20-7/h5,8H,1-4H3,(H,16,17). The van der Waals surface area contributed by atoms with Crippen LogP contribution in [0, 0.1) is 0 Å². The number of rotatable bonds is 3. The molecule has 1 aromatic heterocycles. The molecule has 112 valence electrons. The van der Waals surface area contributed by atoms with Crippen LogP contribution in [0.25, 0.3) is 0 Å². The molecule has 0 aromatic carbocycles. The van der Waals surface area contributed by atoms with E-state index in [-0.39, 0.29) is 0 Å². The summed E-state index contributed by atoms with van der Waals surface area (Å²) in [5.74, 6) is -1.11. The molecule has 1 N–H and O–H groups in total. The van der Waals surface area contributed by atoms with Crippen LogP contribution in [0.15, 0.2) is 14.3 Å². The van der Waals surface area contributed by atoms with Gasteiger partial charge in [0, 0.05) is 16.4 Å². The fourth-order valence-electron chi connectivity index (χ4n) is 1.42. The predicted molar refractivity (Wildman–Crippen MR) is 84.1 cm³/mol. The van der Waals surface area contributed by atoms with Crippen molar-refractivity contribution in [3.8, 4) is 0 Å². The van der Waals surface area contributed by atoms with Crippen LogP contribution in [-0.2, 0) is 9.53 Å². The largest absolute Gasteiger partial charge is 0.479 e. The number of thiophene rings is 1. The first-order chi connectivity index (χ1) is 9.03. The molecule has 0 saturated carbocycles. The lowest BCUT2D eigenvalue weighted by atomic mass is 10.2. The van der Waals surface area contributed by atoms with Crippen molar-refractivity contribution in [3.05, 3.63) is 19.2 Å². The third kappa shape index (κ3) is 4.46. The van der Waals surface area contributed by atoms with Crippen molar-refractivity contribution in [2.45, 2.75) is 32.4 Å². The molecular weight excluding hydrogens is 414 g/mol.